The fraction of sp³-hybridized carbons (Fsp3) is 0.417. The Hall–Kier alpha value is -1.22. The van der Waals surface area contributed by atoms with E-state index in [1.54, 1.807) is 18.2 Å². The van der Waals surface area contributed by atoms with Crippen LogP contribution >= 0.6 is 11.8 Å². The van der Waals surface area contributed by atoms with Gasteiger partial charge in [0.15, 0.2) is 0 Å². The van der Waals surface area contributed by atoms with Gasteiger partial charge in [-0.3, -0.25) is 0 Å². The Labute approximate surface area is 105 Å². The van der Waals surface area contributed by atoms with Gasteiger partial charge in [0.2, 0.25) is 0 Å². The molecule has 0 aliphatic rings. The Balaban J connectivity index is 2.25. The van der Waals surface area contributed by atoms with Crippen LogP contribution in [0.5, 0.6) is 5.75 Å². The zero-order chi connectivity index (χ0) is 12.5. The molecule has 0 aromatic heterocycles. The molecule has 0 fully saturated rings. The Morgan fingerprint density at radius 1 is 1.41 bits per heavy atom. The summed E-state index contributed by atoms with van der Waals surface area (Å²) in [5.41, 5.74) is 0.521. The number of benzene rings is 1. The minimum atomic E-state index is -0.675. The average Bonchev–Trinajstić information content (AvgIpc) is 2.38. The van der Waals surface area contributed by atoms with Gasteiger partial charge in [0.05, 0.1) is 24.9 Å². The highest BCUT2D eigenvalue weighted by Gasteiger charge is 2.03. The molecule has 0 bridgehead atoms. The summed E-state index contributed by atoms with van der Waals surface area (Å²) in [5.74, 6) is 1.77. The van der Waals surface area contributed by atoms with E-state index in [9.17, 15) is 0 Å². The third kappa shape index (κ3) is 5.09. The van der Waals surface area contributed by atoms with Crippen molar-refractivity contribution in [3.8, 4) is 11.8 Å². The van der Waals surface area contributed by atoms with Gasteiger partial charge < -0.3 is 14.9 Å². The van der Waals surface area contributed by atoms with Crippen LogP contribution in [0, 0.1) is 11.3 Å². The molecule has 92 valence electrons. The maximum Gasteiger partial charge on any atom is 0.137 e. The predicted molar refractivity (Wildman–Crippen MR) is 67.1 cm³/mol. The number of nitriles is 1. The number of ether oxygens (including phenoxy) is 1. The molecule has 0 aliphatic carbocycles. The first-order chi connectivity index (χ1) is 8.27. The number of aliphatic hydroxyl groups excluding tert-OH is 2. The summed E-state index contributed by atoms with van der Waals surface area (Å²) in [6, 6.07) is 9.13. The van der Waals surface area contributed by atoms with Crippen molar-refractivity contribution in [2.75, 3.05) is 24.7 Å². The Morgan fingerprint density at radius 3 is 2.88 bits per heavy atom. The van der Waals surface area contributed by atoms with Gasteiger partial charge in [-0.05, 0) is 12.1 Å². The van der Waals surface area contributed by atoms with Crippen LogP contribution in [0.4, 0.5) is 0 Å². The second-order valence-electron chi connectivity index (χ2n) is 3.37. The number of hydrogen-bond acceptors (Lipinski definition) is 5. The molecule has 0 spiro atoms. The van der Waals surface area contributed by atoms with Crippen molar-refractivity contribution < 1.29 is 14.9 Å². The maximum absolute atomic E-state index is 9.10. The van der Waals surface area contributed by atoms with E-state index in [1.807, 2.05) is 6.07 Å². The molecule has 1 aromatic rings. The number of hydrogen-bond donors (Lipinski definition) is 2. The van der Waals surface area contributed by atoms with Crippen molar-refractivity contribution >= 4 is 11.8 Å². The van der Waals surface area contributed by atoms with Crippen molar-refractivity contribution in [1.29, 1.82) is 5.26 Å². The first kappa shape index (κ1) is 13.8. The summed E-state index contributed by atoms with van der Waals surface area (Å²) in [4.78, 5) is 0. The van der Waals surface area contributed by atoms with Gasteiger partial charge >= 0.3 is 0 Å². The SMILES string of the molecule is N#Cc1ccccc1OCCSCC(O)CO. The van der Waals surface area contributed by atoms with Crippen LogP contribution in [0.15, 0.2) is 24.3 Å². The zero-order valence-electron chi connectivity index (χ0n) is 9.37. The highest BCUT2D eigenvalue weighted by molar-refractivity contribution is 7.99. The molecular formula is C12H15NO3S. The minimum Gasteiger partial charge on any atom is -0.491 e. The van der Waals surface area contributed by atoms with E-state index in [1.165, 1.54) is 11.8 Å². The fourth-order valence-corrected chi connectivity index (χ4v) is 1.91. The molecule has 17 heavy (non-hydrogen) atoms. The lowest BCUT2D eigenvalue weighted by Crippen LogP contribution is -2.15. The van der Waals surface area contributed by atoms with Crippen molar-refractivity contribution in [3.05, 3.63) is 29.8 Å². The summed E-state index contributed by atoms with van der Waals surface area (Å²) >= 11 is 1.50. The molecule has 1 unspecified atom stereocenters. The third-order valence-electron chi connectivity index (χ3n) is 2.01. The van der Waals surface area contributed by atoms with Crippen LogP contribution in [-0.4, -0.2) is 41.0 Å². The molecule has 0 aliphatic heterocycles. The van der Waals surface area contributed by atoms with E-state index >= 15 is 0 Å². The van der Waals surface area contributed by atoms with Crippen LogP contribution in [-0.2, 0) is 0 Å². The van der Waals surface area contributed by atoms with Crippen LogP contribution in [0.3, 0.4) is 0 Å². The van der Waals surface area contributed by atoms with Gasteiger partial charge in [0, 0.05) is 11.5 Å². The Kier molecular flexibility index (Phi) is 6.48. The van der Waals surface area contributed by atoms with Gasteiger partial charge in [-0.2, -0.15) is 17.0 Å². The molecule has 0 saturated heterocycles. The molecule has 0 amide bonds. The lowest BCUT2D eigenvalue weighted by atomic mass is 10.2. The standard InChI is InChI=1S/C12H15NO3S/c13-7-10-3-1-2-4-12(10)16-5-6-17-9-11(15)8-14/h1-4,11,14-15H,5-6,8-9H2. The molecule has 4 nitrogen and oxygen atoms in total. The maximum atomic E-state index is 9.10. The highest BCUT2D eigenvalue weighted by Crippen LogP contribution is 2.16. The third-order valence-corrected chi connectivity index (χ3v) is 3.09. The topological polar surface area (TPSA) is 73.5 Å². The summed E-state index contributed by atoms with van der Waals surface area (Å²) in [6.45, 7) is 0.257. The van der Waals surface area contributed by atoms with Crippen molar-refractivity contribution in [2.45, 2.75) is 6.10 Å². The molecule has 1 rings (SSSR count). The van der Waals surface area contributed by atoms with Crippen molar-refractivity contribution in [2.24, 2.45) is 0 Å². The zero-order valence-corrected chi connectivity index (χ0v) is 10.2. The predicted octanol–water partition coefficient (Wildman–Crippen LogP) is 1.02. The van der Waals surface area contributed by atoms with E-state index in [4.69, 9.17) is 20.2 Å². The second kappa shape index (κ2) is 7.96. The molecular weight excluding hydrogens is 238 g/mol. The molecule has 0 radical (unpaired) electrons. The molecule has 2 N–H and O–H groups in total. The minimum absolute atomic E-state index is 0.217. The van der Waals surface area contributed by atoms with E-state index < -0.39 is 6.10 Å². The smallest absolute Gasteiger partial charge is 0.137 e. The van der Waals surface area contributed by atoms with E-state index in [-0.39, 0.29) is 6.61 Å². The van der Waals surface area contributed by atoms with Crippen LogP contribution < -0.4 is 4.74 Å². The normalized spacial score (nSPS) is 11.8. The molecule has 5 heteroatoms. The first-order valence-corrected chi connectivity index (χ1v) is 6.42. The Bertz CT molecular complexity index is 378. The molecule has 1 aromatic carbocycles. The summed E-state index contributed by atoms with van der Waals surface area (Å²) in [6.07, 6.45) is -0.675. The fourth-order valence-electron chi connectivity index (χ4n) is 1.17. The van der Waals surface area contributed by atoms with Crippen molar-refractivity contribution in [3.63, 3.8) is 0 Å². The largest absolute Gasteiger partial charge is 0.491 e. The monoisotopic (exact) mass is 253 g/mol. The lowest BCUT2D eigenvalue weighted by molar-refractivity contribution is 0.113. The van der Waals surface area contributed by atoms with Crippen LogP contribution in [0.25, 0.3) is 0 Å². The van der Waals surface area contributed by atoms with Crippen LogP contribution in [0.2, 0.25) is 0 Å². The summed E-state index contributed by atoms with van der Waals surface area (Å²) in [7, 11) is 0. The van der Waals surface area contributed by atoms with Crippen LogP contribution in [0.1, 0.15) is 5.56 Å². The van der Waals surface area contributed by atoms with E-state index in [0.717, 1.165) is 0 Å². The summed E-state index contributed by atoms with van der Waals surface area (Å²) < 4.78 is 5.46. The molecule has 0 saturated carbocycles. The van der Waals surface area contributed by atoms with Gasteiger partial charge in [-0.1, -0.05) is 12.1 Å². The van der Waals surface area contributed by atoms with Gasteiger partial charge in [0.25, 0.3) is 0 Å². The summed E-state index contributed by atoms with van der Waals surface area (Å²) in [5, 5.41) is 26.5. The lowest BCUT2D eigenvalue weighted by Gasteiger charge is -2.08. The number of thioether (sulfide) groups is 1. The number of para-hydroxylation sites is 1. The molecule has 0 heterocycles. The second-order valence-corrected chi connectivity index (χ2v) is 4.52. The van der Waals surface area contributed by atoms with E-state index in [0.29, 0.717) is 29.4 Å². The average molecular weight is 253 g/mol. The first-order valence-electron chi connectivity index (χ1n) is 5.26. The highest BCUT2D eigenvalue weighted by atomic mass is 32.2. The quantitative estimate of drug-likeness (QED) is 0.710. The Morgan fingerprint density at radius 2 is 2.18 bits per heavy atom. The van der Waals surface area contributed by atoms with Crippen molar-refractivity contribution in [1.82, 2.24) is 0 Å². The molecule has 1 atom stereocenters. The number of nitrogens with zero attached hydrogens (tertiary/aromatic N) is 1. The van der Waals surface area contributed by atoms with Gasteiger partial charge in [0.1, 0.15) is 11.8 Å². The number of rotatable bonds is 7. The van der Waals surface area contributed by atoms with Gasteiger partial charge in [-0.15, -0.1) is 0 Å². The van der Waals surface area contributed by atoms with E-state index in [2.05, 4.69) is 6.07 Å². The number of aliphatic hydroxyl groups is 2. The van der Waals surface area contributed by atoms with Gasteiger partial charge in [-0.25, -0.2) is 0 Å².